The first-order valence-corrected chi connectivity index (χ1v) is 6.14. The molecule has 5 heteroatoms. The molecule has 0 spiro atoms. The Hall–Kier alpha value is -1.49. The number of hydrogen-bond donors (Lipinski definition) is 1. The Balaban J connectivity index is 2.08. The summed E-state index contributed by atoms with van der Waals surface area (Å²) < 4.78 is 0. The summed E-state index contributed by atoms with van der Waals surface area (Å²) in [6, 6.07) is 2.16. The van der Waals surface area contributed by atoms with Gasteiger partial charge in [0.25, 0.3) is 0 Å². The minimum atomic E-state index is 0.180. The lowest BCUT2D eigenvalue weighted by Gasteiger charge is -2.11. The fraction of sp³-hybridized carbons (Fsp3) is 0.364. The van der Waals surface area contributed by atoms with Gasteiger partial charge in [0.2, 0.25) is 0 Å². The van der Waals surface area contributed by atoms with Gasteiger partial charge < -0.3 is 5.32 Å². The molecule has 2 rings (SSSR count). The minimum Gasteiger partial charge on any atom is -0.361 e. The number of hydrogen-bond acceptors (Lipinski definition) is 5. The summed E-state index contributed by atoms with van der Waals surface area (Å²) in [7, 11) is 0. The van der Waals surface area contributed by atoms with E-state index in [1.807, 2.05) is 17.6 Å². The van der Waals surface area contributed by atoms with Crippen LogP contribution in [0.15, 0.2) is 24.0 Å². The Kier molecular flexibility index (Phi) is 3.46. The maximum atomic E-state index is 4.27. The number of nitrogens with zero attached hydrogens (tertiary/aromatic N) is 3. The van der Waals surface area contributed by atoms with E-state index in [-0.39, 0.29) is 6.04 Å². The lowest BCUT2D eigenvalue weighted by molar-refractivity contribution is 0.854. The first kappa shape index (κ1) is 11.0. The van der Waals surface area contributed by atoms with Gasteiger partial charge in [-0.25, -0.2) is 15.0 Å². The van der Waals surface area contributed by atoms with Crippen LogP contribution in [-0.2, 0) is 6.42 Å². The summed E-state index contributed by atoms with van der Waals surface area (Å²) >= 11 is 1.64. The van der Waals surface area contributed by atoms with Crippen molar-refractivity contribution in [2.45, 2.75) is 26.3 Å². The highest BCUT2D eigenvalue weighted by Gasteiger charge is 2.08. The number of rotatable bonds is 4. The smallest absolute Gasteiger partial charge is 0.130 e. The van der Waals surface area contributed by atoms with Crippen molar-refractivity contribution in [3.05, 3.63) is 34.7 Å². The Morgan fingerprint density at radius 2 is 2.25 bits per heavy atom. The van der Waals surface area contributed by atoms with Crippen molar-refractivity contribution in [2.75, 3.05) is 5.32 Å². The molecule has 0 bridgehead atoms. The summed E-state index contributed by atoms with van der Waals surface area (Å²) in [4.78, 5) is 12.6. The predicted octanol–water partition coefficient (Wildman–Crippen LogP) is 2.67. The van der Waals surface area contributed by atoms with Crippen molar-refractivity contribution < 1.29 is 0 Å². The molecule has 16 heavy (non-hydrogen) atoms. The van der Waals surface area contributed by atoms with E-state index in [9.17, 15) is 0 Å². The summed E-state index contributed by atoms with van der Waals surface area (Å²) in [5.41, 5.74) is 1.05. The number of anilines is 1. The normalized spacial score (nSPS) is 12.4. The molecular weight excluding hydrogens is 220 g/mol. The van der Waals surface area contributed by atoms with Crippen molar-refractivity contribution >= 4 is 17.2 Å². The average Bonchev–Trinajstić information content (AvgIpc) is 2.83. The Bertz CT molecular complexity index is 441. The second-order valence-electron chi connectivity index (χ2n) is 3.48. The lowest BCUT2D eigenvalue weighted by Crippen LogP contribution is -2.08. The molecule has 4 nitrogen and oxygen atoms in total. The van der Waals surface area contributed by atoms with Crippen molar-refractivity contribution in [3.8, 4) is 0 Å². The van der Waals surface area contributed by atoms with Gasteiger partial charge in [-0.05, 0) is 13.3 Å². The van der Waals surface area contributed by atoms with E-state index < -0.39 is 0 Å². The van der Waals surface area contributed by atoms with Crippen molar-refractivity contribution in [1.82, 2.24) is 15.0 Å². The van der Waals surface area contributed by atoms with Crippen LogP contribution in [0.5, 0.6) is 0 Å². The molecular formula is C11H14N4S. The topological polar surface area (TPSA) is 50.7 Å². The number of aryl methyl sites for hydroxylation is 1. The quantitative estimate of drug-likeness (QED) is 0.883. The fourth-order valence-electron chi connectivity index (χ4n) is 1.40. The summed E-state index contributed by atoms with van der Waals surface area (Å²) in [5, 5.41) is 6.36. The zero-order valence-electron chi connectivity index (χ0n) is 9.34. The monoisotopic (exact) mass is 234 g/mol. The van der Waals surface area contributed by atoms with Crippen LogP contribution >= 0.6 is 11.3 Å². The molecule has 0 aliphatic heterocycles. The maximum Gasteiger partial charge on any atom is 0.130 e. The largest absolute Gasteiger partial charge is 0.361 e. The molecule has 0 amide bonds. The highest BCUT2D eigenvalue weighted by atomic mass is 32.1. The fourth-order valence-corrected chi connectivity index (χ4v) is 2.05. The minimum absolute atomic E-state index is 0.180. The number of aromatic nitrogens is 3. The van der Waals surface area contributed by atoms with Gasteiger partial charge >= 0.3 is 0 Å². The van der Waals surface area contributed by atoms with E-state index in [1.165, 1.54) is 0 Å². The third kappa shape index (κ3) is 2.55. The third-order valence-corrected chi connectivity index (χ3v) is 3.23. The van der Waals surface area contributed by atoms with Crippen LogP contribution < -0.4 is 5.32 Å². The van der Waals surface area contributed by atoms with Gasteiger partial charge in [0, 0.05) is 23.3 Å². The number of thiazole rings is 1. The van der Waals surface area contributed by atoms with E-state index in [2.05, 4.69) is 34.1 Å². The molecule has 1 atom stereocenters. The van der Waals surface area contributed by atoms with Crippen molar-refractivity contribution in [1.29, 1.82) is 0 Å². The van der Waals surface area contributed by atoms with E-state index in [0.29, 0.717) is 0 Å². The van der Waals surface area contributed by atoms with Crippen LogP contribution in [0.3, 0.4) is 0 Å². The Labute approximate surface area is 98.8 Å². The van der Waals surface area contributed by atoms with Gasteiger partial charge in [0.05, 0.1) is 6.04 Å². The highest BCUT2D eigenvalue weighted by Crippen LogP contribution is 2.19. The van der Waals surface area contributed by atoms with Crippen molar-refractivity contribution in [2.24, 2.45) is 0 Å². The van der Waals surface area contributed by atoms with Crippen LogP contribution in [0.25, 0.3) is 0 Å². The van der Waals surface area contributed by atoms with Crippen LogP contribution in [0.2, 0.25) is 0 Å². The molecule has 2 aromatic heterocycles. The molecule has 0 radical (unpaired) electrons. The predicted molar refractivity (Wildman–Crippen MR) is 65.6 cm³/mol. The van der Waals surface area contributed by atoms with Crippen LogP contribution in [0, 0.1) is 0 Å². The van der Waals surface area contributed by atoms with E-state index in [1.54, 1.807) is 17.7 Å². The SMILES string of the molecule is CCc1cc(NC(C)c2nccs2)ncn1. The van der Waals surface area contributed by atoms with Gasteiger partial charge in [-0.15, -0.1) is 11.3 Å². The van der Waals surface area contributed by atoms with Gasteiger partial charge in [-0.1, -0.05) is 6.92 Å². The van der Waals surface area contributed by atoms with Crippen LogP contribution in [-0.4, -0.2) is 15.0 Å². The molecule has 0 saturated carbocycles. The van der Waals surface area contributed by atoms with Crippen LogP contribution in [0.1, 0.15) is 30.6 Å². The third-order valence-electron chi connectivity index (χ3n) is 2.27. The molecule has 0 saturated heterocycles. The molecule has 0 aliphatic rings. The summed E-state index contributed by atoms with van der Waals surface area (Å²) in [6.07, 6.45) is 4.33. The molecule has 84 valence electrons. The first-order chi connectivity index (χ1) is 7.79. The zero-order chi connectivity index (χ0) is 11.4. The zero-order valence-corrected chi connectivity index (χ0v) is 10.2. The van der Waals surface area contributed by atoms with Gasteiger partial charge in [0.15, 0.2) is 0 Å². The Morgan fingerprint density at radius 3 is 2.94 bits per heavy atom. The molecule has 1 unspecified atom stereocenters. The highest BCUT2D eigenvalue weighted by molar-refractivity contribution is 7.09. The van der Waals surface area contributed by atoms with Crippen molar-refractivity contribution in [3.63, 3.8) is 0 Å². The molecule has 0 fully saturated rings. The molecule has 0 aliphatic carbocycles. The first-order valence-electron chi connectivity index (χ1n) is 5.26. The van der Waals surface area contributed by atoms with Gasteiger partial charge in [0.1, 0.15) is 17.2 Å². The number of nitrogens with one attached hydrogen (secondary N) is 1. The van der Waals surface area contributed by atoms with Crippen LogP contribution in [0.4, 0.5) is 5.82 Å². The Morgan fingerprint density at radius 1 is 1.38 bits per heavy atom. The standard InChI is InChI=1S/C11H14N4S/c1-3-9-6-10(14-7-13-9)15-8(2)11-12-4-5-16-11/h4-8H,3H2,1-2H3,(H,13,14,15). The maximum absolute atomic E-state index is 4.27. The molecule has 2 aromatic rings. The average molecular weight is 234 g/mol. The summed E-state index contributed by atoms with van der Waals surface area (Å²) in [6.45, 7) is 4.16. The second kappa shape index (κ2) is 5.03. The molecule has 2 heterocycles. The van der Waals surface area contributed by atoms with Gasteiger partial charge in [-0.3, -0.25) is 0 Å². The van der Waals surface area contributed by atoms with Gasteiger partial charge in [-0.2, -0.15) is 0 Å². The van der Waals surface area contributed by atoms with E-state index in [0.717, 1.165) is 22.9 Å². The second-order valence-corrected chi connectivity index (χ2v) is 4.41. The van der Waals surface area contributed by atoms with E-state index in [4.69, 9.17) is 0 Å². The molecule has 0 aromatic carbocycles. The molecule has 1 N–H and O–H groups in total. The van der Waals surface area contributed by atoms with E-state index >= 15 is 0 Å². The summed E-state index contributed by atoms with van der Waals surface area (Å²) in [5.74, 6) is 0.856. The lowest BCUT2D eigenvalue weighted by atomic mass is 10.3.